The summed E-state index contributed by atoms with van der Waals surface area (Å²) in [4.78, 5) is 1.73. The van der Waals surface area contributed by atoms with Gasteiger partial charge in [0.15, 0.2) is 5.84 Å². The van der Waals surface area contributed by atoms with Crippen molar-refractivity contribution in [2.24, 2.45) is 17.9 Å². The van der Waals surface area contributed by atoms with Crippen LogP contribution in [0.25, 0.3) is 0 Å². The lowest BCUT2D eigenvalue weighted by Gasteiger charge is -2.21. The molecule has 0 aliphatic heterocycles. The first-order valence-electron chi connectivity index (χ1n) is 5.96. The van der Waals surface area contributed by atoms with Crippen LogP contribution in [-0.2, 0) is 7.05 Å². The van der Waals surface area contributed by atoms with Crippen molar-refractivity contribution >= 4 is 17.3 Å². The molecule has 0 atom stereocenters. The Morgan fingerprint density at radius 1 is 1.50 bits per heavy atom. The van der Waals surface area contributed by atoms with Crippen LogP contribution < -0.4 is 10.6 Å². The Morgan fingerprint density at radius 3 is 2.80 bits per heavy atom. The molecule has 106 valence electrons. The molecule has 0 unspecified atom stereocenters. The van der Waals surface area contributed by atoms with E-state index in [1.807, 2.05) is 0 Å². The highest BCUT2D eigenvalue weighted by molar-refractivity contribution is 6.03. The van der Waals surface area contributed by atoms with Gasteiger partial charge in [-0.1, -0.05) is 11.2 Å². The summed E-state index contributed by atoms with van der Waals surface area (Å²) < 4.78 is 14.9. The zero-order valence-corrected chi connectivity index (χ0v) is 11.5. The molecule has 0 radical (unpaired) electrons. The van der Waals surface area contributed by atoms with Gasteiger partial charge in [-0.2, -0.15) is 5.10 Å². The number of hydrogen-bond donors (Lipinski definition) is 2. The lowest BCUT2D eigenvalue weighted by molar-refractivity contribution is 0.318. The Labute approximate surface area is 115 Å². The molecule has 6 nitrogen and oxygen atoms in total. The molecule has 2 rings (SSSR count). The third kappa shape index (κ3) is 2.29. The predicted molar refractivity (Wildman–Crippen MR) is 74.9 cm³/mol. The molecule has 20 heavy (non-hydrogen) atoms. The van der Waals surface area contributed by atoms with Gasteiger partial charge in [0.05, 0.1) is 11.3 Å². The zero-order valence-electron chi connectivity index (χ0n) is 11.5. The van der Waals surface area contributed by atoms with Crippen molar-refractivity contribution in [2.45, 2.75) is 6.92 Å². The first-order chi connectivity index (χ1) is 9.45. The largest absolute Gasteiger partial charge is 0.409 e. The second-order valence-corrected chi connectivity index (χ2v) is 4.43. The van der Waals surface area contributed by atoms with E-state index in [1.54, 1.807) is 42.7 Å². The van der Waals surface area contributed by atoms with Crippen LogP contribution in [0.5, 0.6) is 0 Å². The van der Waals surface area contributed by atoms with Gasteiger partial charge in [-0.25, -0.2) is 4.39 Å². The Kier molecular flexibility index (Phi) is 3.60. The highest BCUT2D eigenvalue weighted by atomic mass is 19.1. The Hall–Kier alpha value is -2.57. The molecule has 0 aliphatic rings. The van der Waals surface area contributed by atoms with Gasteiger partial charge in [-0.3, -0.25) is 4.68 Å². The normalized spacial score (nSPS) is 11.7. The number of hydrogen-bond acceptors (Lipinski definition) is 4. The van der Waals surface area contributed by atoms with Crippen LogP contribution >= 0.6 is 0 Å². The summed E-state index contributed by atoms with van der Waals surface area (Å²) in [6, 6.07) is 6.16. The molecule has 1 aromatic heterocycles. The molecule has 1 heterocycles. The van der Waals surface area contributed by atoms with Gasteiger partial charge in [0.2, 0.25) is 0 Å². The SMILES string of the molecule is Cc1nn(C)c(N(C)c2cccc(F)c2)c1C(N)=NO. The van der Waals surface area contributed by atoms with Crippen molar-refractivity contribution in [2.75, 3.05) is 11.9 Å². The summed E-state index contributed by atoms with van der Waals surface area (Å²) in [5.74, 6) is 0.246. The second kappa shape index (κ2) is 5.20. The Morgan fingerprint density at radius 2 is 2.20 bits per heavy atom. The van der Waals surface area contributed by atoms with Gasteiger partial charge < -0.3 is 15.8 Å². The van der Waals surface area contributed by atoms with E-state index in [1.165, 1.54) is 12.1 Å². The summed E-state index contributed by atoms with van der Waals surface area (Å²) in [6.07, 6.45) is 0. The fourth-order valence-corrected chi connectivity index (χ4v) is 2.19. The van der Waals surface area contributed by atoms with E-state index in [0.29, 0.717) is 22.8 Å². The topological polar surface area (TPSA) is 79.7 Å². The molecule has 0 amide bonds. The van der Waals surface area contributed by atoms with Crippen LogP contribution in [0.4, 0.5) is 15.9 Å². The Bertz CT molecular complexity index is 665. The summed E-state index contributed by atoms with van der Waals surface area (Å²) in [5.41, 5.74) is 7.48. The average Bonchev–Trinajstić information content (AvgIpc) is 2.71. The van der Waals surface area contributed by atoms with Crippen LogP contribution in [0.3, 0.4) is 0 Å². The summed E-state index contributed by atoms with van der Waals surface area (Å²) in [6.45, 7) is 1.76. The molecule has 0 spiro atoms. The number of oxime groups is 1. The van der Waals surface area contributed by atoms with E-state index < -0.39 is 0 Å². The smallest absolute Gasteiger partial charge is 0.175 e. The second-order valence-electron chi connectivity index (χ2n) is 4.43. The van der Waals surface area contributed by atoms with Crippen molar-refractivity contribution in [1.82, 2.24) is 9.78 Å². The number of amidine groups is 1. The number of nitrogens with two attached hydrogens (primary N) is 1. The maximum absolute atomic E-state index is 13.3. The van der Waals surface area contributed by atoms with Crippen molar-refractivity contribution in [1.29, 1.82) is 0 Å². The number of nitrogens with zero attached hydrogens (tertiary/aromatic N) is 4. The van der Waals surface area contributed by atoms with E-state index in [2.05, 4.69) is 10.3 Å². The van der Waals surface area contributed by atoms with Crippen LogP contribution in [-0.4, -0.2) is 27.9 Å². The lowest BCUT2D eigenvalue weighted by atomic mass is 10.2. The number of aryl methyl sites for hydroxylation is 2. The highest BCUT2D eigenvalue weighted by Gasteiger charge is 2.21. The molecular formula is C13H16FN5O. The van der Waals surface area contributed by atoms with Crippen LogP contribution in [0, 0.1) is 12.7 Å². The molecule has 0 aliphatic carbocycles. The molecule has 0 saturated carbocycles. The van der Waals surface area contributed by atoms with E-state index in [9.17, 15) is 4.39 Å². The zero-order chi connectivity index (χ0) is 14.9. The summed E-state index contributed by atoms with van der Waals surface area (Å²) >= 11 is 0. The molecule has 2 aromatic rings. The molecule has 1 aromatic carbocycles. The van der Waals surface area contributed by atoms with Gasteiger partial charge in [0.1, 0.15) is 11.6 Å². The number of halogens is 1. The van der Waals surface area contributed by atoms with Gasteiger partial charge in [0.25, 0.3) is 0 Å². The minimum atomic E-state index is -0.335. The van der Waals surface area contributed by atoms with Crippen LogP contribution in [0.2, 0.25) is 0 Å². The monoisotopic (exact) mass is 277 g/mol. The van der Waals surface area contributed by atoms with Gasteiger partial charge in [0, 0.05) is 19.8 Å². The minimum absolute atomic E-state index is 0.0335. The van der Waals surface area contributed by atoms with E-state index in [-0.39, 0.29) is 11.7 Å². The fourth-order valence-electron chi connectivity index (χ4n) is 2.19. The quantitative estimate of drug-likeness (QED) is 0.387. The third-order valence-electron chi connectivity index (χ3n) is 3.07. The molecule has 7 heteroatoms. The van der Waals surface area contributed by atoms with E-state index in [0.717, 1.165) is 0 Å². The van der Waals surface area contributed by atoms with E-state index >= 15 is 0 Å². The number of aromatic nitrogens is 2. The molecule has 0 saturated heterocycles. The number of rotatable bonds is 3. The van der Waals surface area contributed by atoms with Crippen molar-refractivity contribution in [3.8, 4) is 0 Å². The Balaban J connectivity index is 2.58. The molecule has 3 N–H and O–H groups in total. The lowest BCUT2D eigenvalue weighted by Crippen LogP contribution is -2.21. The molecule has 0 bridgehead atoms. The first kappa shape index (κ1) is 13.9. The van der Waals surface area contributed by atoms with Crippen molar-refractivity contribution in [3.63, 3.8) is 0 Å². The first-order valence-corrected chi connectivity index (χ1v) is 5.96. The predicted octanol–water partition coefficient (Wildman–Crippen LogP) is 1.73. The average molecular weight is 277 g/mol. The van der Waals surface area contributed by atoms with Gasteiger partial charge >= 0.3 is 0 Å². The van der Waals surface area contributed by atoms with Gasteiger partial charge in [-0.15, -0.1) is 0 Å². The maximum Gasteiger partial charge on any atom is 0.175 e. The van der Waals surface area contributed by atoms with Crippen molar-refractivity contribution in [3.05, 3.63) is 41.3 Å². The summed E-state index contributed by atoms with van der Waals surface area (Å²) in [7, 11) is 3.51. The van der Waals surface area contributed by atoms with Crippen LogP contribution in [0.1, 0.15) is 11.3 Å². The highest BCUT2D eigenvalue weighted by Crippen LogP contribution is 2.28. The maximum atomic E-state index is 13.3. The fraction of sp³-hybridized carbons (Fsp3) is 0.231. The van der Waals surface area contributed by atoms with Crippen LogP contribution in [0.15, 0.2) is 29.4 Å². The van der Waals surface area contributed by atoms with E-state index in [4.69, 9.17) is 10.9 Å². The summed E-state index contributed by atoms with van der Waals surface area (Å²) in [5, 5.41) is 16.2. The number of benzene rings is 1. The standard InChI is InChI=1S/C13H16FN5O/c1-8-11(12(15)17-20)13(19(3)16-8)18(2)10-6-4-5-9(14)7-10/h4-7,20H,1-3H3,(H2,15,17). The van der Waals surface area contributed by atoms with Gasteiger partial charge in [-0.05, 0) is 25.1 Å². The molecule has 0 fully saturated rings. The number of anilines is 2. The minimum Gasteiger partial charge on any atom is -0.409 e. The van der Waals surface area contributed by atoms with Crippen molar-refractivity contribution < 1.29 is 9.60 Å². The third-order valence-corrected chi connectivity index (χ3v) is 3.07. The molecular weight excluding hydrogens is 261 g/mol.